The van der Waals surface area contributed by atoms with Gasteiger partial charge >= 0.3 is 0 Å². The molecule has 1 heterocycles. The molecule has 0 radical (unpaired) electrons. The molecule has 1 aliphatic heterocycles. The molecule has 1 amide bonds. The van der Waals surface area contributed by atoms with E-state index in [0.717, 1.165) is 26.1 Å². The number of hydrogen-bond donors (Lipinski definition) is 1. The van der Waals surface area contributed by atoms with E-state index in [1.807, 2.05) is 4.90 Å². The quantitative estimate of drug-likeness (QED) is 0.924. The lowest BCUT2D eigenvalue weighted by Crippen LogP contribution is -2.50. The van der Waals surface area contributed by atoms with Crippen LogP contribution >= 0.6 is 0 Å². The van der Waals surface area contributed by atoms with Crippen LogP contribution in [0.4, 0.5) is 0 Å². The highest BCUT2D eigenvalue weighted by atomic mass is 16.2. The van der Waals surface area contributed by atoms with Crippen LogP contribution in [-0.4, -0.2) is 36.5 Å². The Morgan fingerprint density at radius 2 is 2.14 bits per heavy atom. The number of piperidine rings is 1. The average molecular weight is 288 g/mol. The summed E-state index contributed by atoms with van der Waals surface area (Å²) >= 11 is 0. The molecule has 1 aromatic rings. The van der Waals surface area contributed by atoms with Gasteiger partial charge in [-0.05, 0) is 43.9 Å². The van der Waals surface area contributed by atoms with E-state index >= 15 is 0 Å². The second-order valence-electron chi connectivity index (χ2n) is 6.38. The van der Waals surface area contributed by atoms with Crippen LogP contribution < -0.4 is 5.32 Å². The molecule has 21 heavy (non-hydrogen) atoms. The third-order valence-electron chi connectivity index (χ3n) is 4.57. The van der Waals surface area contributed by atoms with Crippen LogP contribution in [0.5, 0.6) is 0 Å². The van der Waals surface area contributed by atoms with Gasteiger partial charge in [-0.1, -0.05) is 37.6 Å². The predicted octanol–water partition coefficient (Wildman–Crippen LogP) is 2.69. The van der Waals surface area contributed by atoms with Gasteiger partial charge in [0.15, 0.2) is 0 Å². The number of nitrogens with one attached hydrogen (secondary N) is 1. The first-order valence-electron chi connectivity index (χ1n) is 8.08. The van der Waals surface area contributed by atoms with Gasteiger partial charge in [-0.25, -0.2) is 0 Å². The standard InChI is InChI=1S/C18H28N2O/c1-5-19-17-8-9-20(12-15(17)4)18(21)11-16-10-13(2)6-7-14(16)3/h6-7,10,15,17,19H,5,8-9,11-12H2,1-4H3. The highest BCUT2D eigenvalue weighted by Gasteiger charge is 2.28. The normalized spacial score (nSPS) is 22.4. The molecule has 0 bridgehead atoms. The van der Waals surface area contributed by atoms with Crippen molar-refractivity contribution in [2.24, 2.45) is 5.92 Å². The van der Waals surface area contributed by atoms with Gasteiger partial charge in [-0.2, -0.15) is 0 Å². The van der Waals surface area contributed by atoms with Crippen LogP contribution in [0.3, 0.4) is 0 Å². The second-order valence-corrected chi connectivity index (χ2v) is 6.38. The van der Waals surface area contributed by atoms with E-state index in [1.54, 1.807) is 0 Å². The number of amides is 1. The van der Waals surface area contributed by atoms with Gasteiger partial charge in [0.25, 0.3) is 0 Å². The fourth-order valence-electron chi connectivity index (χ4n) is 3.20. The Morgan fingerprint density at radius 1 is 1.38 bits per heavy atom. The zero-order valence-electron chi connectivity index (χ0n) is 13.8. The van der Waals surface area contributed by atoms with Gasteiger partial charge in [0, 0.05) is 19.1 Å². The van der Waals surface area contributed by atoms with E-state index in [1.165, 1.54) is 16.7 Å². The molecule has 1 N–H and O–H groups in total. The summed E-state index contributed by atoms with van der Waals surface area (Å²) in [5, 5.41) is 3.52. The molecule has 0 aliphatic carbocycles. The molecule has 2 rings (SSSR count). The maximum absolute atomic E-state index is 12.5. The molecule has 1 aromatic carbocycles. The van der Waals surface area contributed by atoms with Crippen molar-refractivity contribution < 1.29 is 4.79 Å². The monoisotopic (exact) mass is 288 g/mol. The molecular weight excluding hydrogens is 260 g/mol. The topological polar surface area (TPSA) is 32.3 Å². The smallest absolute Gasteiger partial charge is 0.227 e. The largest absolute Gasteiger partial charge is 0.342 e. The Balaban J connectivity index is 1.97. The molecular formula is C18H28N2O. The van der Waals surface area contributed by atoms with Gasteiger partial charge in [0.1, 0.15) is 0 Å². The first-order chi connectivity index (χ1) is 10.0. The second kappa shape index (κ2) is 7.08. The molecule has 1 aliphatic rings. The number of carbonyl (C=O) groups excluding carboxylic acids is 1. The highest BCUT2D eigenvalue weighted by molar-refractivity contribution is 5.79. The lowest BCUT2D eigenvalue weighted by atomic mass is 9.93. The van der Waals surface area contributed by atoms with Crippen molar-refractivity contribution >= 4 is 5.91 Å². The maximum Gasteiger partial charge on any atom is 0.227 e. The SMILES string of the molecule is CCNC1CCN(C(=O)Cc2cc(C)ccc2C)CC1C. The first-order valence-corrected chi connectivity index (χ1v) is 8.08. The Labute approximate surface area is 128 Å². The van der Waals surface area contributed by atoms with Crippen molar-refractivity contribution in [3.05, 3.63) is 34.9 Å². The Hall–Kier alpha value is -1.35. The molecule has 2 unspecified atom stereocenters. The number of rotatable bonds is 4. The summed E-state index contributed by atoms with van der Waals surface area (Å²) in [6, 6.07) is 6.91. The molecule has 0 aromatic heterocycles. The molecule has 116 valence electrons. The first kappa shape index (κ1) is 16.0. The maximum atomic E-state index is 12.5. The van der Waals surface area contributed by atoms with Crippen molar-refractivity contribution in [1.82, 2.24) is 10.2 Å². The van der Waals surface area contributed by atoms with Crippen molar-refractivity contribution in [3.63, 3.8) is 0 Å². The van der Waals surface area contributed by atoms with Gasteiger partial charge in [0.05, 0.1) is 6.42 Å². The van der Waals surface area contributed by atoms with E-state index < -0.39 is 0 Å². The summed E-state index contributed by atoms with van der Waals surface area (Å²) < 4.78 is 0. The molecule has 3 nitrogen and oxygen atoms in total. The van der Waals surface area contributed by atoms with E-state index in [4.69, 9.17) is 0 Å². The van der Waals surface area contributed by atoms with E-state index in [2.05, 4.69) is 51.2 Å². The molecule has 1 fully saturated rings. The fourth-order valence-corrected chi connectivity index (χ4v) is 3.20. The van der Waals surface area contributed by atoms with Crippen molar-refractivity contribution in [1.29, 1.82) is 0 Å². The molecule has 1 saturated heterocycles. The lowest BCUT2D eigenvalue weighted by Gasteiger charge is -2.37. The highest BCUT2D eigenvalue weighted by Crippen LogP contribution is 2.19. The molecule has 2 atom stereocenters. The number of aryl methyl sites for hydroxylation is 2. The van der Waals surface area contributed by atoms with E-state index in [0.29, 0.717) is 18.4 Å². The molecule has 0 saturated carbocycles. The van der Waals surface area contributed by atoms with Crippen LogP contribution in [0.15, 0.2) is 18.2 Å². The number of hydrogen-bond acceptors (Lipinski definition) is 2. The summed E-state index contributed by atoms with van der Waals surface area (Å²) in [5.41, 5.74) is 3.61. The van der Waals surface area contributed by atoms with Gasteiger partial charge < -0.3 is 10.2 Å². The van der Waals surface area contributed by atoms with Crippen LogP contribution in [0.25, 0.3) is 0 Å². The summed E-state index contributed by atoms with van der Waals surface area (Å²) in [6.45, 7) is 11.3. The van der Waals surface area contributed by atoms with Crippen molar-refractivity contribution in [2.45, 2.75) is 46.6 Å². The zero-order valence-corrected chi connectivity index (χ0v) is 13.8. The fraction of sp³-hybridized carbons (Fsp3) is 0.611. The van der Waals surface area contributed by atoms with E-state index in [9.17, 15) is 4.79 Å². The van der Waals surface area contributed by atoms with Crippen molar-refractivity contribution in [3.8, 4) is 0 Å². The van der Waals surface area contributed by atoms with Crippen LogP contribution in [0.1, 0.15) is 37.0 Å². The minimum atomic E-state index is 0.269. The lowest BCUT2D eigenvalue weighted by molar-refractivity contribution is -0.132. The third-order valence-corrected chi connectivity index (χ3v) is 4.57. The van der Waals surface area contributed by atoms with Crippen LogP contribution in [0, 0.1) is 19.8 Å². The Kier molecular flexibility index (Phi) is 5.40. The van der Waals surface area contributed by atoms with Crippen LogP contribution in [-0.2, 0) is 11.2 Å². The summed E-state index contributed by atoms with van der Waals surface area (Å²) in [6.07, 6.45) is 1.60. The molecule has 0 spiro atoms. The van der Waals surface area contributed by atoms with E-state index in [-0.39, 0.29) is 5.91 Å². The number of benzene rings is 1. The predicted molar refractivity (Wildman–Crippen MR) is 87.4 cm³/mol. The number of likely N-dealkylation sites (tertiary alicyclic amines) is 1. The summed E-state index contributed by atoms with van der Waals surface area (Å²) in [4.78, 5) is 14.6. The third kappa shape index (κ3) is 4.07. The number of carbonyl (C=O) groups is 1. The van der Waals surface area contributed by atoms with Gasteiger partial charge in [0.2, 0.25) is 5.91 Å². The summed E-state index contributed by atoms with van der Waals surface area (Å²) in [7, 11) is 0. The molecule has 3 heteroatoms. The summed E-state index contributed by atoms with van der Waals surface area (Å²) in [5.74, 6) is 0.798. The Morgan fingerprint density at radius 3 is 2.81 bits per heavy atom. The van der Waals surface area contributed by atoms with Gasteiger partial charge in [-0.15, -0.1) is 0 Å². The zero-order chi connectivity index (χ0) is 15.4. The Bertz CT molecular complexity index is 498. The van der Waals surface area contributed by atoms with Gasteiger partial charge in [-0.3, -0.25) is 4.79 Å². The minimum absolute atomic E-state index is 0.269. The minimum Gasteiger partial charge on any atom is -0.342 e. The van der Waals surface area contributed by atoms with Crippen molar-refractivity contribution in [2.75, 3.05) is 19.6 Å². The average Bonchev–Trinajstić information content (AvgIpc) is 2.45. The van der Waals surface area contributed by atoms with Crippen LogP contribution in [0.2, 0.25) is 0 Å². The number of nitrogens with zero attached hydrogens (tertiary/aromatic N) is 1.